The van der Waals surface area contributed by atoms with Crippen molar-refractivity contribution in [2.24, 2.45) is 4.99 Å². The van der Waals surface area contributed by atoms with Crippen LogP contribution < -0.4 is 18.9 Å². The van der Waals surface area contributed by atoms with Gasteiger partial charge in [-0.15, -0.1) is 0 Å². The Labute approximate surface area is 152 Å². The molecule has 3 rings (SSSR count). The Morgan fingerprint density at radius 2 is 1.48 bits per heavy atom. The molecule has 0 atom stereocenters. The molecule has 25 heavy (non-hydrogen) atoms. The number of benzene rings is 2. The molecule has 5 nitrogen and oxygen atoms in total. The summed E-state index contributed by atoms with van der Waals surface area (Å²) in [6.45, 7) is 0.644. The maximum absolute atomic E-state index is 5.40. The number of hydrogen-bond acceptors (Lipinski definition) is 6. The second kappa shape index (κ2) is 7.70. The first kappa shape index (κ1) is 17.5. The van der Waals surface area contributed by atoms with E-state index in [0.29, 0.717) is 6.54 Å². The molecule has 0 unspecified atom stereocenters. The fraction of sp³-hybridized carbons (Fsp3) is 0.316. The van der Waals surface area contributed by atoms with Crippen molar-refractivity contribution in [2.75, 3.05) is 28.4 Å². The lowest BCUT2D eigenvalue weighted by Gasteiger charge is -2.18. The molecule has 1 aliphatic rings. The summed E-state index contributed by atoms with van der Waals surface area (Å²) in [7, 11) is 6.57. The Balaban J connectivity index is 1.80. The van der Waals surface area contributed by atoms with Gasteiger partial charge in [-0.25, -0.2) is 0 Å². The smallest absolute Gasteiger partial charge is 0.161 e. The zero-order valence-electron chi connectivity index (χ0n) is 14.8. The molecule has 2 aromatic carbocycles. The van der Waals surface area contributed by atoms with Crippen molar-refractivity contribution in [3.63, 3.8) is 0 Å². The van der Waals surface area contributed by atoms with Crippen LogP contribution in [0, 0.1) is 0 Å². The number of methoxy groups -OCH3 is 4. The van der Waals surface area contributed by atoms with Crippen molar-refractivity contribution in [1.82, 2.24) is 0 Å². The highest BCUT2D eigenvalue weighted by atomic mass is 32.2. The molecule has 0 N–H and O–H groups in total. The quantitative estimate of drug-likeness (QED) is 0.781. The van der Waals surface area contributed by atoms with E-state index >= 15 is 0 Å². The Morgan fingerprint density at radius 3 is 2.16 bits per heavy atom. The van der Waals surface area contributed by atoms with E-state index in [4.69, 9.17) is 23.9 Å². The zero-order valence-corrected chi connectivity index (χ0v) is 15.6. The lowest BCUT2D eigenvalue weighted by atomic mass is 10.1. The maximum atomic E-state index is 5.40. The minimum atomic E-state index is 0.644. The van der Waals surface area contributed by atoms with Gasteiger partial charge in [0.05, 0.1) is 40.0 Å². The lowest BCUT2D eigenvalue weighted by Crippen LogP contribution is -2.06. The van der Waals surface area contributed by atoms with Gasteiger partial charge in [-0.2, -0.15) is 0 Å². The summed E-state index contributed by atoms with van der Waals surface area (Å²) in [5, 5.41) is 1.06. The molecule has 0 spiro atoms. The van der Waals surface area contributed by atoms with Gasteiger partial charge in [0.2, 0.25) is 0 Å². The fourth-order valence-corrected chi connectivity index (χ4v) is 3.75. The standard InChI is InChI=1S/C19H21NO4S/c1-21-14-6-5-12(7-15(14)22-2)8-19-20-11-13-9-16(23-3)17(24-4)10-18(13)25-19/h5-7,9-10H,8,11H2,1-4H3. The molecule has 6 heteroatoms. The molecule has 0 radical (unpaired) electrons. The molecule has 2 aromatic rings. The average molecular weight is 359 g/mol. The van der Waals surface area contributed by atoms with Crippen molar-refractivity contribution in [3.8, 4) is 23.0 Å². The van der Waals surface area contributed by atoms with E-state index in [9.17, 15) is 0 Å². The second-order valence-corrected chi connectivity index (χ2v) is 6.61. The van der Waals surface area contributed by atoms with E-state index in [0.717, 1.165) is 50.5 Å². The first-order valence-electron chi connectivity index (χ1n) is 7.85. The second-order valence-electron chi connectivity index (χ2n) is 5.49. The monoisotopic (exact) mass is 359 g/mol. The topological polar surface area (TPSA) is 49.3 Å². The first-order valence-corrected chi connectivity index (χ1v) is 8.67. The van der Waals surface area contributed by atoms with Gasteiger partial charge >= 0.3 is 0 Å². The van der Waals surface area contributed by atoms with Crippen LogP contribution in [0.5, 0.6) is 23.0 Å². The highest BCUT2D eigenvalue weighted by Crippen LogP contribution is 2.39. The van der Waals surface area contributed by atoms with Gasteiger partial charge in [-0.3, -0.25) is 4.99 Å². The summed E-state index contributed by atoms with van der Waals surface area (Å²) in [6, 6.07) is 9.96. The summed E-state index contributed by atoms with van der Waals surface area (Å²) in [5.41, 5.74) is 2.28. The summed E-state index contributed by atoms with van der Waals surface area (Å²) < 4.78 is 21.4. The number of hydrogen-bond donors (Lipinski definition) is 0. The van der Waals surface area contributed by atoms with E-state index in [-0.39, 0.29) is 0 Å². The predicted octanol–water partition coefficient (Wildman–Crippen LogP) is 3.97. The van der Waals surface area contributed by atoms with Crippen molar-refractivity contribution >= 4 is 16.8 Å². The zero-order chi connectivity index (χ0) is 17.8. The van der Waals surface area contributed by atoms with E-state index < -0.39 is 0 Å². The van der Waals surface area contributed by atoms with E-state index in [2.05, 4.69) is 0 Å². The number of rotatable bonds is 6. The third-order valence-electron chi connectivity index (χ3n) is 4.02. The van der Waals surface area contributed by atoms with Crippen LogP contribution in [-0.4, -0.2) is 33.5 Å². The van der Waals surface area contributed by atoms with E-state index in [1.54, 1.807) is 40.2 Å². The van der Waals surface area contributed by atoms with Crippen LogP contribution in [0.2, 0.25) is 0 Å². The summed E-state index contributed by atoms with van der Waals surface area (Å²) in [4.78, 5) is 5.86. The SMILES string of the molecule is COc1ccc(CC2=NCc3cc(OC)c(OC)cc3S2)cc1OC. The van der Waals surface area contributed by atoms with Crippen molar-refractivity contribution < 1.29 is 18.9 Å². The van der Waals surface area contributed by atoms with Gasteiger partial charge in [-0.1, -0.05) is 17.8 Å². The summed E-state index contributed by atoms with van der Waals surface area (Å²) in [6.07, 6.45) is 0.749. The van der Waals surface area contributed by atoms with E-state index in [1.165, 1.54) is 0 Å². The highest BCUT2D eigenvalue weighted by Gasteiger charge is 2.18. The maximum Gasteiger partial charge on any atom is 0.161 e. The summed E-state index contributed by atoms with van der Waals surface area (Å²) in [5.74, 6) is 2.93. The van der Waals surface area contributed by atoms with Gasteiger partial charge in [0.1, 0.15) is 0 Å². The molecule has 0 aromatic heterocycles. The highest BCUT2D eigenvalue weighted by molar-refractivity contribution is 8.14. The third kappa shape index (κ3) is 3.69. The lowest BCUT2D eigenvalue weighted by molar-refractivity contribution is 0.353. The van der Waals surface area contributed by atoms with E-state index in [1.807, 2.05) is 30.3 Å². The van der Waals surface area contributed by atoms with Crippen LogP contribution in [0.4, 0.5) is 0 Å². The normalized spacial score (nSPS) is 12.9. The van der Waals surface area contributed by atoms with Crippen LogP contribution in [0.3, 0.4) is 0 Å². The molecule has 0 bridgehead atoms. The van der Waals surface area contributed by atoms with Gasteiger partial charge in [0.15, 0.2) is 23.0 Å². The minimum Gasteiger partial charge on any atom is -0.493 e. The molecule has 0 aliphatic carbocycles. The number of fused-ring (bicyclic) bond motifs is 1. The number of nitrogens with zero attached hydrogens (tertiary/aromatic N) is 1. The number of thioether (sulfide) groups is 1. The Bertz CT molecular complexity index is 804. The number of ether oxygens (including phenoxy) is 4. The largest absolute Gasteiger partial charge is 0.493 e. The van der Waals surface area contributed by atoms with Gasteiger partial charge in [0.25, 0.3) is 0 Å². The molecule has 0 saturated heterocycles. The fourth-order valence-electron chi connectivity index (χ4n) is 2.71. The Hall–Kier alpha value is -2.34. The van der Waals surface area contributed by atoms with Crippen LogP contribution in [0.1, 0.15) is 11.1 Å². The van der Waals surface area contributed by atoms with Crippen molar-refractivity contribution in [2.45, 2.75) is 17.9 Å². The van der Waals surface area contributed by atoms with Gasteiger partial charge in [-0.05, 0) is 35.4 Å². The van der Waals surface area contributed by atoms with Gasteiger partial charge in [0, 0.05) is 11.3 Å². The molecule has 0 fully saturated rings. The number of aliphatic imine (C=N–C) groups is 1. The van der Waals surface area contributed by atoms with Crippen LogP contribution in [-0.2, 0) is 13.0 Å². The molecule has 132 valence electrons. The van der Waals surface area contributed by atoms with Crippen molar-refractivity contribution in [1.29, 1.82) is 0 Å². The van der Waals surface area contributed by atoms with Crippen molar-refractivity contribution in [3.05, 3.63) is 41.5 Å². The first-order chi connectivity index (χ1) is 12.2. The average Bonchev–Trinajstić information content (AvgIpc) is 2.66. The van der Waals surface area contributed by atoms with Crippen LogP contribution in [0.15, 0.2) is 40.2 Å². The predicted molar refractivity (Wildman–Crippen MR) is 99.8 cm³/mol. The summed E-state index contributed by atoms with van der Waals surface area (Å²) >= 11 is 1.67. The molecule has 0 amide bonds. The Morgan fingerprint density at radius 1 is 0.840 bits per heavy atom. The molecule has 1 heterocycles. The van der Waals surface area contributed by atoms with Crippen LogP contribution >= 0.6 is 11.8 Å². The minimum absolute atomic E-state index is 0.644. The molecular weight excluding hydrogens is 338 g/mol. The molecular formula is C19H21NO4S. The molecule has 0 saturated carbocycles. The third-order valence-corrected chi connectivity index (χ3v) is 5.13. The van der Waals surface area contributed by atoms with Crippen LogP contribution in [0.25, 0.3) is 0 Å². The Kier molecular flexibility index (Phi) is 5.38. The van der Waals surface area contributed by atoms with Gasteiger partial charge < -0.3 is 18.9 Å². The molecule has 1 aliphatic heterocycles.